The molecule has 29 heavy (non-hydrogen) atoms. The molecule has 0 aliphatic heterocycles. The molecular formula is C22H20FN3O2S. The minimum absolute atomic E-state index is 0.275. The Hall–Kier alpha value is -3.06. The van der Waals surface area contributed by atoms with Gasteiger partial charge in [0.05, 0.1) is 25.0 Å². The highest BCUT2D eigenvalue weighted by Crippen LogP contribution is 2.28. The monoisotopic (exact) mass is 409 g/mol. The van der Waals surface area contributed by atoms with E-state index in [0.29, 0.717) is 24.7 Å². The highest BCUT2D eigenvalue weighted by molar-refractivity contribution is 7.99. The maximum absolute atomic E-state index is 13.0. The zero-order chi connectivity index (χ0) is 20.1. The predicted octanol–water partition coefficient (Wildman–Crippen LogP) is 5.21. The number of benzene rings is 2. The number of aromatic nitrogens is 3. The van der Waals surface area contributed by atoms with E-state index < -0.39 is 0 Å². The summed E-state index contributed by atoms with van der Waals surface area (Å²) in [4.78, 5) is 0. The first-order valence-corrected chi connectivity index (χ1v) is 10.2. The van der Waals surface area contributed by atoms with Crippen LogP contribution in [0.25, 0.3) is 11.4 Å². The molecule has 0 amide bonds. The number of aryl methyl sites for hydroxylation is 1. The Morgan fingerprint density at radius 1 is 1.03 bits per heavy atom. The van der Waals surface area contributed by atoms with Crippen molar-refractivity contribution in [3.63, 3.8) is 0 Å². The van der Waals surface area contributed by atoms with Gasteiger partial charge >= 0.3 is 0 Å². The van der Waals surface area contributed by atoms with E-state index in [1.165, 1.54) is 17.7 Å². The Balaban J connectivity index is 1.49. The molecule has 5 nitrogen and oxygen atoms in total. The van der Waals surface area contributed by atoms with E-state index in [0.717, 1.165) is 22.3 Å². The van der Waals surface area contributed by atoms with Crippen molar-refractivity contribution in [3.8, 4) is 17.1 Å². The summed E-state index contributed by atoms with van der Waals surface area (Å²) in [6, 6.07) is 18.1. The third-order valence-electron chi connectivity index (χ3n) is 4.40. The molecule has 0 atom stereocenters. The van der Waals surface area contributed by atoms with Crippen molar-refractivity contribution in [1.82, 2.24) is 14.8 Å². The molecule has 0 unspecified atom stereocenters. The fourth-order valence-corrected chi connectivity index (χ4v) is 3.70. The molecule has 0 bridgehead atoms. The number of furan rings is 1. The van der Waals surface area contributed by atoms with Crippen LogP contribution in [0.15, 0.2) is 76.5 Å². The zero-order valence-electron chi connectivity index (χ0n) is 15.9. The molecule has 2 heterocycles. The standard InChI is InChI=1S/C22H20FN3O2S/c1-16-20(11-12-27-16)21-24-25-22(26(21)15-17-5-3-2-4-6-17)29-14-13-28-19-9-7-18(23)8-10-19/h2-12H,13-15H2,1H3. The van der Waals surface area contributed by atoms with Crippen molar-refractivity contribution in [2.24, 2.45) is 0 Å². The zero-order valence-corrected chi connectivity index (χ0v) is 16.7. The maximum Gasteiger partial charge on any atom is 0.191 e. The summed E-state index contributed by atoms with van der Waals surface area (Å²) in [5, 5.41) is 9.62. The van der Waals surface area contributed by atoms with Crippen LogP contribution < -0.4 is 4.74 Å². The number of thioether (sulfide) groups is 1. The summed E-state index contributed by atoms with van der Waals surface area (Å²) in [5.41, 5.74) is 2.10. The van der Waals surface area contributed by atoms with Crippen LogP contribution in [0, 0.1) is 12.7 Å². The fraction of sp³-hybridized carbons (Fsp3) is 0.182. The Morgan fingerprint density at radius 3 is 2.55 bits per heavy atom. The van der Waals surface area contributed by atoms with Crippen LogP contribution in [-0.2, 0) is 6.54 Å². The molecule has 2 aromatic heterocycles. The summed E-state index contributed by atoms with van der Waals surface area (Å²) in [7, 11) is 0. The van der Waals surface area contributed by atoms with E-state index in [-0.39, 0.29) is 5.82 Å². The van der Waals surface area contributed by atoms with Crippen LogP contribution >= 0.6 is 11.8 Å². The van der Waals surface area contributed by atoms with E-state index in [1.54, 1.807) is 30.2 Å². The first-order chi connectivity index (χ1) is 14.2. The molecule has 0 N–H and O–H groups in total. The summed E-state index contributed by atoms with van der Waals surface area (Å²) >= 11 is 1.57. The van der Waals surface area contributed by atoms with Crippen molar-refractivity contribution in [1.29, 1.82) is 0 Å². The Labute approximate surface area is 172 Å². The van der Waals surface area contributed by atoms with Gasteiger partial charge in [0.15, 0.2) is 11.0 Å². The van der Waals surface area contributed by atoms with Crippen LogP contribution in [0.3, 0.4) is 0 Å². The molecule has 148 valence electrons. The third-order valence-corrected chi connectivity index (χ3v) is 5.33. The molecule has 2 aromatic carbocycles. The second-order valence-electron chi connectivity index (χ2n) is 6.42. The summed E-state index contributed by atoms with van der Waals surface area (Å²) < 4.78 is 26.2. The smallest absolute Gasteiger partial charge is 0.191 e. The van der Waals surface area contributed by atoms with Gasteiger partial charge in [-0.05, 0) is 42.8 Å². The van der Waals surface area contributed by atoms with Gasteiger partial charge in [-0.3, -0.25) is 4.57 Å². The normalized spacial score (nSPS) is 11.0. The van der Waals surface area contributed by atoms with Gasteiger partial charge in [0.1, 0.15) is 17.3 Å². The summed E-state index contributed by atoms with van der Waals surface area (Å²) in [6.07, 6.45) is 1.66. The quantitative estimate of drug-likeness (QED) is 0.296. The molecule has 4 rings (SSSR count). The predicted molar refractivity (Wildman–Crippen MR) is 111 cm³/mol. The number of halogens is 1. The van der Waals surface area contributed by atoms with Crippen molar-refractivity contribution >= 4 is 11.8 Å². The van der Waals surface area contributed by atoms with Crippen LogP contribution in [0.4, 0.5) is 4.39 Å². The molecule has 0 saturated heterocycles. The summed E-state index contributed by atoms with van der Waals surface area (Å²) in [6.45, 7) is 3.06. The van der Waals surface area contributed by atoms with Gasteiger partial charge in [-0.25, -0.2) is 4.39 Å². The SMILES string of the molecule is Cc1occc1-c1nnc(SCCOc2ccc(F)cc2)n1Cc1ccccc1. The van der Waals surface area contributed by atoms with Crippen molar-refractivity contribution in [3.05, 3.63) is 84.1 Å². The van der Waals surface area contributed by atoms with Crippen molar-refractivity contribution < 1.29 is 13.5 Å². The average Bonchev–Trinajstić information content (AvgIpc) is 3.33. The van der Waals surface area contributed by atoms with Gasteiger partial charge in [-0.1, -0.05) is 42.1 Å². The minimum Gasteiger partial charge on any atom is -0.493 e. The van der Waals surface area contributed by atoms with Crippen LogP contribution in [0.5, 0.6) is 5.75 Å². The molecule has 4 aromatic rings. The van der Waals surface area contributed by atoms with Crippen LogP contribution in [0.1, 0.15) is 11.3 Å². The van der Waals surface area contributed by atoms with Gasteiger partial charge in [-0.15, -0.1) is 10.2 Å². The number of hydrogen-bond donors (Lipinski definition) is 0. The van der Waals surface area contributed by atoms with Gasteiger partial charge in [-0.2, -0.15) is 0 Å². The van der Waals surface area contributed by atoms with Gasteiger partial charge in [0.25, 0.3) is 0 Å². The number of rotatable bonds is 8. The van der Waals surface area contributed by atoms with Gasteiger partial charge in [0.2, 0.25) is 0 Å². The Morgan fingerprint density at radius 2 is 1.83 bits per heavy atom. The molecular weight excluding hydrogens is 389 g/mol. The number of ether oxygens (including phenoxy) is 1. The Bertz CT molecular complexity index is 1060. The van der Waals surface area contributed by atoms with Crippen molar-refractivity contribution in [2.75, 3.05) is 12.4 Å². The van der Waals surface area contributed by atoms with Gasteiger partial charge < -0.3 is 9.15 Å². The Kier molecular flexibility index (Phi) is 5.95. The molecule has 0 radical (unpaired) electrons. The largest absolute Gasteiger partial charge is 0.493 e. The molecule has 0 aliphatic carbocycles. The van der Waals surface area contributed by atoms with Crippen LogP contribution in [0.2, 0.25) is 0 Å². The van der Waals surface area contributed by atoms with E-state index in [2.05, 4.69) is 26.9 Å². The highest BCUT2D eigenvalue weighted by Gasteiger charge is 2.17. The molecule has 0 fully saturated rings. The first kappa shape index (κ1) is 19.3. The first-order valence-electron chi connectivity index (χ1n) is 9.23. The topological polar surface area (TPSA) is 53.1 Å². The lowest BCUT2D eigenvalue weighted by Gasteiger charge is -2.10. The molecule has 7 heteroatoms. The number of nitrogens with zero attached hydrogens (tertiary/aromatic N) is 3. The van der Waals surface area contributed by atoms with Crippen LogP contribution in [-0.4, -0.2) is 27.1 Å². The fourth-order valence-electron chi connectivity index (χ4n) is 2.94. The second kappa shape index (κ2) is 8.96. The molecule has 0 saturated carbocycles. The van der Waals surface area contributed by atoms with E-state index >= 15 is 0 Å². The van der Waals surface area contributed by atoms with E-state index in [1.807, 2.05) is 31.2 Å². The summed E-state index contributed by atoms with van der Waals surface area (Å²) in [5.74, 6) is 2.65. The van der Waals surface area contributed by atoms with Crippen molar-refractivity contribution in [2.45, 2.75) is 18.6 Å². The molecule has 0 aliphatic rings. The van der Waals surface area contributed by atoms with E-state index in [9.17, 15) is 4.39 Å². The lowest BCUT2D eigenvalue weighted by Crippen LogP contribution is -2.06. The second-order valence-corrected chi connectivity index (χ2v) is 7.48. The molecule has 0 spiro atoms. The maximum atomic E-state index is 13.0. The third kappa shape index (κ3) is 4.68. The lowest BCUT2D eigenvalue weighted by molar-refractivity contribution is 0.343. The average molecular weight is 409 g/mol. The highest BCUT2D eigenvalue weighted by atomic mass is 32.2. The lowest BCUT2D eigenvalue weighted by atomic mass is 10.2. The van der Waals surface area contributed by atoms with E-state index in [4.69, 9.17) is 9.15 Å². The number of hydrogen-bond acceptors (Lipinski definition) is 5. The van der Waals surface area contributed by atoms with Gasteiger partial charge in [0, 0.05) is 5.75 Å². The minimum atomic E-state index is -0.275.